The monoisotopic (exact) mass is 511 g/mol. The first-order chi connectivity index (χ1) is 17.6. The molecule has 12 nitrogen and oxygen atoms in total. The van der Waals surface area contributed by atoms with Crippen LogP contribution in [-0.2, 0) is 32.0 Å². The first kappa shape index (κ1) is 27.4. The Balaban J connectivity index is 1.86. The predicted octanol–water partition coefficient (Wildman–Crippen LogP) is 0.218. The molecule has 2 heterocycles. The van der Waals surface area contributed by atoms with Gasteiger partial charge in [0.25, 0.3) is 0 Å². The zero-order valence-electron chi connectivity index (χ0n) is 20.9. The number of carboxylic acids is 1. The number of H-pyrrole nitrogens is 2. The van der Waals surface area contributed by atoms with E-state index in [2.05, 4.69) is 30.9 Å². The maximum absolute atomic E-state index is 13.5. The van der Waals surface area contributed by atoms with E-state index in [0.29, 0.717) is 5.69 Å². The molecular weight excluding hydrogens is 478 g/mol. The van der Waals surface area contributed by atoms with Crippen LogP contribution in [0.5, 0.6) is 0 Å². The second kappa shape index (κ2) is 12.2. The van der Waals surface area contributed by atoms with Crippen molar-refractivity contribution >= 4 is 34.6 Å². The van der Waals surface area contributed by atoms with Gasteiger partial charge < -0.3 is 36.8 Å². The number of hydrogen-bond donors (Lipinski definition) is 7. The van der Waals surface area contributed by atoms with E-state index in [0.717, 1.165) is 16.5 Å². The molecule has 0 aliphatic carbocycles. The van der Waals surface area contributed by atoms with E-state index in [9.17, 15) is 24.3 Å². The van der Waals surface area contributed by atoms with Crippen molar-refractivity contribution in [3.63, 3.8) is 0 Å². The number of rotatable bonds is 12. The number of nitrogens with zero attached hydrogens (tertiary/aromatic N) is 1. The van der Waals surface area contributed by atoms with Crippen LogP contribution in [0.3, 0.4) is 0 Å². The van der Waals surface area contributed by atoms with E-state index in [1.165, 1.54) is 19.4 Å². The molecule has 4 atom stereocenters. The van der Waals surface area contributed by atoms with Gasteiger partial charge in [-0.2, -0.15) is 0 Å². The average Bonchev–Trinajstić information content (AvgIpc) is 3.52. The standard InChI is InChI=1S/C25H33N7O5/c1-13(2)21(26)24(35)32-19(8-15-10-28-18-7-5-4-6-17(15)18)23(34)31-20(9-16-11-27-12-29-16)22(33)30-14(3)25(36)37/h4-7,10-14,19-21,28H,8-9,26H2,1-3H3,(H,27,29)(H,30,33)(H,31,34)(H,32,35)(H,36,37). The summed E-state index contributed by atoms with van der Waals surface area (Å²) in [5.74, 6) is -3.17. The molecule has 12 heteroatoms. The molecule has 3 amide bonds. The molecule has 0 bridgehead atoms. The minimum Gasteiger partial charge on any atom is -0.480 e. The third-order valence-electron chi connectivity index (χ3n) is 6.09. The molecule has 198 valence electrons. The van der Waals surface area contributed by atoms with Gasteiger partial charge in [0.05, 0.1) is 12.4 Å². The minimum absolute atomic E-state index is 0.0309. The van der Waals surface area contributed by atoms with Crippen molar-refractivity contribution in [2.24, 2.45) is 11.7 Å². The van der Waals surface area contributed by atoms with Gasteiger partial charge in [-0.25, -0.2) is 4.98 Å². The number of benzene rings is 1. The van der Waals surface area contributed by atoms with Crippen LogP contribution in [0.25, 0.3) is 10.9 Å². The Morgan fingerprint density at radius 3 is 2.24 bits per heavy atom. The van der Waals surface area contributed by atoms with E-state index in [1.54, 1.807) is 20.0 Å². The van der Waals surface area contributed by atoms with E-state index >= 15 is 0 Å². The Labute approximate surface area is 213 Å². The summed E-state index contributed by atoms with van der Waals surface area (Å²) < 4.78 is 0. The maximum atomic E-state index is 13.5. The van der Waals surface area contributed by atoms with E-state index in [-0.39, 0.29) is 18.8 Å². The number of fused-ring (bicyclic) bond motifs is 1. The van der Waals surface area contributed by atoms with Gasteiger partial charge in [0.2, 0.25) is 17.7 Å². The second-order valence-corrected chi connectivity index (χ2v) is 9.31. The van der Waals surface area contributed by atoms with Gasteiger partial charge in [0.15, 0.2) is 0 Å². The Kier molecular flexibility index (Phi) is 9.01. The highest BCUT2D eigenvalue weighted by atomic mass is 16.4. The van der Waals surface area contributed by atoms with Crippen molar-refractivity contribution in [2.75, 3.05) is 0 Å². The lowest BCUT2D eigenvalue weighted by Gasteiger charge is -2.25. The smallest absolute Gasteiger partial charge is 0.325 e. The van der Waals surface area contributed by atoms with E-state index in [1.807, 2.05) is 24.3 Å². The summed E-state index contributed by atoms with van der Waals surface area (Å²) >= 11 is 0. The summed E-state index contributed by atoms with van der Waals surface area (Å²) in [7, 11) is 0. The normalized spacial score (nSPS) is 14.5. The van der Waals surface area contributed by atoms with Crippen molar-refractivity contribution in [3.8, 4) is 0 Å². The predicted molar refractivity (Wildman–Crippen MR) is 136 cm³/mol. The zero-order valence-corrected chi connectivity index (χ0v) is 20.9. The van der Waals surface area contributed by atoms with Gasteiger partial charge in [-0.05, 0) is 24.5 Å². The SMILES string of the molecule is CC(NC(=O)C(Cc1cnc[nH]1)NC(=O)C(Cc1c[nH]c2ccccc12)NC(=O)C(N)C(C)C)C(=O)O. The van der Waals surface area contributed by atoms with Gasteiger partial charge >= 0.3 is 5.97 Å². The molecule has 0 fully saturated rings. The van der Waals surface area contributed by atoms with Crippen LogP contribution in [0.2, 0.25) is 0 Å². The number of aliphatic carboxylic acids is 1. The summed E-state index contributed by atoms with van der Waals surface area (Å²) in [6.45, 7) is 4.92. The fourth-order valence-corrected chi connectivity index (χ4v) is 3.77. The second-order valence-electron chi connectivity index (χ2n) is 9.31. The van der Waals surface area contributed by atoms with E-state index in [4.69, 9.17) is 5.73 Å². The Morgan fingerprint density at radius 2 is 1.59 bits per heavy atom. The van der Waals surface area contributed by atoms with Crippen molar-refractivity contribution in [1.29, 1.82) is 0 Å². The summed E-state index contributed by atoms with van der Waals surface area (Å²) in [5.41, 5.74) is 8.24. The molecule has 0 aliphatic heterocycles. The van der Waals surface area contributed by atoms with Gasteiger partial charge in [0, 0.05) is 41.8 Å². The Bertz CT molecular complexity index is 1240. The highest BCUT2D eigenvalue weighted by Gasteiger charge is 2.31. The molecule has 0 radical (unpaired) electrons. The number of carboxylic acid groups (broad SMARTS) is 1. The summed E-state index contributed by atoms with van der Waals surface area (Å²) in [6.07, 6.45) is 4.86. The molecule has 0 saturated carbocycles. The van der Waals surface area contributed by atoms with Crippen molar-refractivity contribution in [3.05, 3.63) is 54.2 Å². The summed E-state index contributed by atoms with van der Waals surface area (Å²) in [4.78, 5) is 60.4. The average molecular weight is 512 g/mol. The quantitative estimate of drug-likeness (QED) is 0.180. The van der Waals surface area contributed by atoms with Crippen LogP contribution >= 0.6 is 0 Å². The number of carbonyl (C=O) groups is 4. The van der Waals surface area contributed by atoms with E-state index < -0.39 is 47.9 Å². The first-order valence-electron chi connectivity index (χ1n) is 12.0. The van der Waals surface area contributed by atoms with Crippen molar-refractivity contribution in [1.82, 2.24) is 30.9 Å². The highest BCUT2D eigenvalue weighted by molar-refractivity contribution is 5.95. The van der Waals surface area contributed by atoms with Crippen molar-refractivity contribution < 1.29 is 24.3 Å². The topological polar surface area (TPSA) is 195 Å². The van der Waals surface area contributed by atoms with Crippen molar-refractivity contribution in [2.45, 2.75) is 57.8 Å². The molecule has 1 aromatic carbocycles. The maximum Gasteiger partial charge on any atom is 0.325 e. The van der Waals surface area contributed by atoms with Crippen LogP contribution in [0.15, 0.2) is 43.0 Å². The van der Waals surface area contributed by atoms with Gasteiger partial charge in [0.1, 0.15) is 18.1 Å². The van der Waals surface area contributed by atoms with Gasteiger partial charge in [-0.1, -0.05) is 32.0 Å². The van der Waals surface area contributed by atoms with Gasteiger partial charge in [-0.15, -0.1) is 0 Å². The molecule has 3 rings (SSSR count). The molecule has 0 spiro atoms. The largest absolute Gasteiger partial charge is 0.480 e. The minimum atomic E-state index is -1.22. The number of aromatic nitrogens is 3. The van der Waals surface area contributed by atoms with Crippen LogP contribution in [-0.4, -0.2) is 67.9 Å². The van der Waals surface area contributed by atoms with Crippen LogP contribution in [0, 0.1) is 5.92 Å². The van der Waals surface area contributed by atoms with Gasteiger partial charge in [-0.3, -0.25) is 19.2 Å². The summed E-state index contributed by atoms with van der Waals surface area (Å²) in [6, 6.07) is 3.37. The first-order valence-corrected chi connectivity index (χ1v) is 12.0. The van der Waals surface area contributed by atoms with Crippen LogP contribution < -0.4 is 21.7 Å². The molecule has 2 aromatic heterocycles. The zero-order chi connectivity index (χ0) is 27.1. The number of aromatic amines is 2. The molecule has 0 aliphatic rings. The lowest BCUT2D eigenvalue weighted by Crippen LogP contribution is -2.58. The molecule has 0 saturated heterocycles. The molecule has 3 aromatic rings. The number of carbonyl (C=O) groups excluding carboxylic acids is 3. The summed E-state index contributed by atoms with van der Waals surface area (Å²) in [5, 5.41) is 17.9. The number of hydrogen-bond acceptors (Lipinski definition) is 6. The number of imidazole rings is 1. The molecule has 4 unspecified atom stereocenters. The highest BCUT2D eigenvalue weighted by Crippen LogP contribution is 2.19. The fourth-order valence-electron chi connectivity index (χ4n) is 3.77. The lowest BCUT2D eigenvalue weighted by molar-refractivity contribution is -0.141. The third kappa shape index (κ3) is 7.17. The Morgan fingerprint density at radius 1 is 0.946 bits per heavy atom. The molecule has 8 N–H and O–H groups in total. The molecule has 37 heavy (non-hydrogen) atoms. The number of nitrogens with two attached hydrogens (primary N) is 1. The van der Waals surface area contributed by atoms with Crippen LogP contribution in [0.4, 0.5) is 0 Å². The molecular formula is C25H33N7O5. The Hall–Kier alpha value is -4.19. The number of amides is 3. The number of para-hydroxylation sites is 1. The fraction of sp³-hybridized carbons (Fsp3) is 0.400. The third-order valence-corrected chi connectivity index (χ3v) is 6.09. The number of nitrogens with one attached hydrogen (secondary N) is 5. The van der Waals surface area contributed by atoms with Crippen LogP contribution in [0.1, 0.15) is 32.0 Å². The lowest BCUT2D eigenvalue weighted by atomic mass is 10.0.